The summed E-state index contributed by atoms with van der Waals surface area (Å²) < 4.78 is 0. The Kier molecular flexibility index (Phi) is 5.22. The lowest BCUT2D eigenvalue weighted by atomic mass is 9.98. The molecule has 2 N–H and O–H groups in total. The lowest BCUT2D eigenvalue weighted by molar-refractivity contribution is -0.156. The van der Waals surface area contributed by atoms with Crippen LogP contribution >= 0.6 is 0 Å². The zero-order valence-corrected chi connectivity index (χ0v) is 13.1. The van der Waals surface area contributed by atoms with Crippen molar-refractivity contribution in [2.24, 2.45) is 0 Å². The zero-order valence-electron chi connectivity index (χ0n) is 13.1. The molecular weight excluding hydrogens is 270 g/mol. The Morgan fingerprint density at radius 3 is 2.38 bits per heavy atom. The van der Waals surface area contributed by atoms with Crippen molar-refractivity contribution < 1.29 is 14.7 Å². The zero-order chi connectivity index (χ0) is 15.5. The van der Waals surface area contributed by atoms with E-state index in [-0.39, 0.29) is 5.91 Å². The van der Waals surface area contributed by atoms with Crippen LogP contribution in [0.1, 0.15) is 39.5 Å². The molecule has 0 aliphatic carbocycles. The number of carbonyl (C=O) groups is 2. The Morgan fingerprint density at radius 2 is 1.76 bits per heavy atom. The number of nitrogens with zero attached hydrogens (tertiary/aromatic N) is 2. The molecule has 0 bridgehead atoms. The lowest BCUT2D eigenvalue weighted by Gasteiger charge is -2.43. The molecule has 21 heavy (non-hydrogen) atoms. The lowest BCUT2D eigenvalue weighted by Crippen LogP contribution is -2.62. The van der Waals surface area contributed by atoms with Gasteiger partial charge in [-0.3, -0.25) is 9.69 Å². The summed E-state index contributed by atoms with van der Waals surface area (Å²) >= 11 is 0. The van der Waals surface area contributed by atoms with Gasteiger partial charge in [-0.2, -0.15) is 0 Å². The summed E-state index contributed by atoms with van der Waals surface area (Å²) in [4.78, 5) is 28.3. The van der Waals surface area contributed by atoms with Gasteiger partial charge in [-0.1, -0.05) is 12.8 Å². The molecule has 6 heteroatoms. The molecule has 0 aromatic carbocycles. The summed E-state index contributed by atoms with van der Waals surface area (Å²) in [5, 5.41) is 12.7. The van der Waals surface area contributed by atoms with E-state index in [1.165, 1.54) is 0 Å². The monoisotopic (exact) mass is 297 g/mol. The number of rotatable bonds is 3. The molecule has 1 atom stereocenters. The number of hydrogen-bond donors (Lipinski definition) is 2. The molecule has 0 spiro atoms. The molecule has 1 unspecified atom stereocenters. The quantitative estimate of drug-likeness (QED) is 0.795. The van der Waals surface area contributed by atoms with Crippen molar-refractivity contribution in [2.75, 3.05) is 32.7 Å². The Hall–Kier alpha value is -1.14. The maximum Gasteiger partial charge on any atom is 0.326 e. The van der Waals surface area contributed by atoms with Crippen molar-refractivity contribution in [3.63, 3.8) is 0 Å². The SMILES string of the molecule is CC(C)(C(=O)N1CCCCCC1C(=O)O)N1CCNCC1. The van der Waals surface area contributed by atoms with Crippen LogP contribution in [0.3, 0.4) is 0 Å². The van der Waals surface area contributed by atoms with E-state index in [1.807, 2.05) is 13.8 Å². The van der Waals surface area contributed by atoms with Gasteiger partial charge < -0.3 is 15.3 Å². The second-order valence-electron chi connectivity index (χ2n) is 6.50. The number of carbonyl (C=O) groups excluding carboxylic acids is 1. The molecule has 0 saturated carbocycles. The van der Waals surface area contributed by atoms with Gasteiger partial charge in [0.05, 0.1) is 5.54 Å². The van der Waals surface area contributed by atoms with Crippen LogP contribution in [0.4, 0.5) is 0 Å². The summed E-state index contributed by atoms with van der Waals surface area (Å²) in [5.74, 6) is -0.917. The van der Waals surface area contributed by atoms with Crippen molar-refractivity contribution in [3.05, 3.63) is 0 Å². The third kappa shape index (κ3) is 3.55. The molecule has 0 aromatic heterocycles. The first-order valence-corrected chi connectivity index (χ1v) is 7.94. The first-order chi connectivity index (χ1) is 9.94. The van der Waals surface area contributed by atoms with E-state index in [0.717, 1.165) is 45.4 Å². The van der Waals surface area contributed by atoms with Crippen molar-refractivity contribution >= 4 is 11.9 Å². The van der Waals surface area contributed by atoms with Crippen molar-refractivity contribution in [1.29, 1.82) is 0 Å². The third-order valence-corrected chi connectivity index (χ3v) is 4.73. The second-order valence-corrected chi connectivity index (χ2v) is 6.50. The molecule has 1 amide bonds. The summed E-state index contributed by atoms with van der Waals surface area (Å²) in [6.45, 7) is 7.80. The molecule has 6 nitrogen and oxygen atoms in total. The van der Waals surface area contributed by atoms with Crippen LogP contribution in [-0.2, 0) is 9.59 Å². The Labute approximate surface area is 126 Å². The number of aliphatic carboxylic acids is 1. The molecule has 2 heterocycles. The molecular formula is C15H27N3O3. The smallest absolute Gasteiger partial charge is 0.326 e. The first kappa shape index (κ1) is 16.2. The average Bonchev–Trinajstić information content (AvgIpc) is 2.73. The fourth-order valence-electron chi connectivity index (χ4n) is 3.32. The number of amides is 1. The Morgan fingerprint density at radius 1 is 1.10 bits per heavy atom. The van der Waals surface area contributed by atoms with Gasteiger partial charge >= 0.3 is 5.97 Å². The third-order valence-electron chi connectivity index (χ3n) is 4.73. The van der Waals surface area contributed by atoms with E-state index < -0.39 is 17.6 Å². The summed E-state index contributed by atoms with van der Waals surface area (Å²) in [5.41, 5.74) is -0.639. The van der Waals surface area contributed by atoms with E-state index in [1.54, 1.807) is 4.90 Å². The van der Waals surface area contributed by atoms with Crippen LogP contribution in [0, 0.1) is 0 Å². The van der Waals surface area contributed by atoms with Crippen LogP contribution in [0.5, 0.6) is 0 Å². The van der Waals surface area contributed by atoms with Crippen molar-refractivity contribution in [1.82, 2.24) is 15.1 Å². The van der Waals surface area contributed by atoms with Crippen LogP contribution in [-0.4, -0.2) is 71.1 Å². The van der Waals surface area contributed by atoms with Crippen LogP contribution in [0.25, 0.3) is 0 Å². The number of carboxylic acids is 1. The molecule has 2 aliphatic rings. The van der Waals surface area contributed by atoms with Gasteiger partial charge in [-0.05, 0) is 26.7 Å². The summed E-state index contributed by atoms with van der Waals surface area (Å²) in [6, 6.07) is -0.665. The van der Waals surface area contributed by atoms with Crippen LogP contribution < -0.4 is 5.32 Å². The molecule has 2 fully saturated rings. The molecule has 2 aliphatic heterocycles. The van der Waals surface area contributed by atoms with Gasteiger partial charge in [0.25, 0.3) is 0 Å². The van der Waals surface area contributed by atoms with E-state index >= 15 is 0 Å². The second kappa shape index (κ2) is 6.75. The minimum atomic E-state index is -0.874. The normalized spacial score (nSPS) is 25.4. The Balaban J connectivity index is 2.16. The van der Waals surface area contributed by atoms with E-state index in [9.17, 15) is 14.7 Å². The van der Waals surface area contributed by atoms with Crippen molar-refractivity contribution in [2.45, 2.75) is 51.1 Å². The van der Waals surface area contributed by atoms with Crippen LogP contribution in [0.15, 0.2) is 0 Å². The number of likely N-dealkylation sites (tertiary alicyclic amines) is 1. The highest BCUT2D eigenvalue weighted by atomic mass is 16.4. The topological polar surface area (TPSA) is 72.9 Å². The summed E-state index contributed by atoms with van der Waals surface area (Å²) in [6.07, 6.45) is 3.35. The number of hydrogen-bond acceptors (Lipinski definition) is 4. The Bertz CT molecular complexity index is 392. The highest BCUT2D eigenvalue weighted by Crippen LogP contribution is 2.24. The predicted molar refractivity (Wildman–Crippen MR) is 80.1 cm³/mol. The molecule has 2 rings (SSSR count). The van der Waals surface area contributed by atoms with Gasteiger partial charge in [0.1, 0.15) is 6.04 Å². The highest BCUT2D eigenvalue weighted by molar-refractivity contribution is 5.89. The van der Waals surface area contributed by atoms with Crippen LogP contribution in [0.2, 0.25) is 0 Å². The van der Waals surface area contributed by atoms with Gasteiger partial charge in [0, 0.05) is 32.7 Å². The summed E-state index contributed by atoms with van der Waals surface area (Å²) in [7, 11) is 0. The standard InChI is InChI=1S/C15H27N3O3/c1-15(2,17-10-7-16-8-11-17)14(21)18-9-5-3-4-6-12(18)13(19)20/h12,16H,3-11H2,1-2H3,(H,19,20). The molecule has 0 aromatic rings. The fraction of sp³-hybridized carbons (Fsp3) is 0.867. The molecule has 120 valence electrons. The van der Waals surface area contributed by atoms with Crippen molar-refractivity contribution in [3.8, 4) is 0 Å². The highest BCUT2D eigenvalue weighted by Gasteiger charge is 2.42. The minimum absolute atomic E-state index is 0.0429. The van der Waals surface area contributed by atoms with Gasteiger partial charge in [0.15, 0.2) is 0 Å². The number of carboxylic acid groups (broad SMARTS) is 1. The van der Waals surface area contributed by atoms with Gasteiger partial charge in [0.2, 0.25) is 5.91 Å². The molecule has 2 saturated heterocycles. The minimum Gasteiger partial charge on any atom is -0.480 e. The van der Waals surface area contributed by atoms with E-state index in [2.05, 4.69) is 10.2 Å². The fourth-order valence-corrected chi connectivity index (χ4v) is 3.32. The first-order valence-electron chi connectivity index (χ1n) is 7.94. The van der Waals surface area contributed by atoms with E-state index in [0.29, 0.717) is 13.0 Å². The predicted octanol–water partition coefficient (Wildman–Crippen LogP) is 0.526. The van der Waals surface area contributed by atoms with E-state index in [4.69, 9.17) is 0 Å². The average molecular weight is 297 g/mol. The largest absolute Gasteiger partial charge is 0.480 e. The molecule has 0 radical (unpaired) electrons. The maximum atomic E-state index is 13.0. The van der Waals surface area contributed by atoms with Gasteiger partial charge in [-0.15, -0.1) is 0 Å². The number of piperazine rings is 1. The maximum absolute atomic E-state index is 13.0. The number of nitrogens with one attached hydrogen (secondary N) is 1. The van der Waals surface area contributed by atoms with Gasteiger partial charge in [-0.25, -0.2) is 4.79 Å².